The monoisotopic (exact) mass is 471 g/mol. The van der Waals surface area contributed by atoms with Crippen molar-refractivity contribution in [2.75, 3.05) is 5.75 Å². The Kier molecular flexibility index (Phi) is 8.38. The quantitative estimate of drug-likeness (QED) is 0.239. The van der Waals surface area contributed by atoms with Gasteiger partial charge in [0.1, 0.15) is 5.75 Å². The maximum Gasteiger partial charge on any atom is 0.191 e. The molecule has 5 nitrogen and oxygen atoms in total. The third-order valence-electron chi connectivity index (χ3n) is 5.01. The minimum atomic E-state index is -0.271. The first-order valence-corrected chi connectivity index (χ1v) is 12.2. The van der Waals surface area contributed by atoms with Crippen molar-refractivity contribution in [2.24, 2.45) is 5.92 Å². The summed E-state index contributed by atoms with van der Waals surface area (Å²) in [5, 5.41) is 10.1. The molecule has 0 spiro atoms. The summed E-state index contributed by atoms with van der Waals surface area (Å²) in [4.78, 5) is 12.6. The zero-order chi connectivity index (χ0) is 23.3. The van der Waals surface area contributed by atoms with Crippen molar-refractivity contribution in [1.29, 1.82) is 0 Å². The van der Waals surface area contributed by atoms with Gasteiger partial charge in [0.05, 0.1) is 5.75 Å². The van der Waals surface area contributed by atoms with Crippen molar-refractivity contribution in [3.05, 3.63) is 70.5 Å². The number of ether oxygens (including phenoxy) is 1. The number of nitrogens with zero attached hydrogens (tertiary/aromatic N) is 3. The molecule has 0 aliphatic heterocycles. The van der Waals surface area contributed by atoms with E-state index in [9.17, 15) is 4.79 Å². The molecule has 0 aliphatic rings. The van der Waals surface area contributed by atoms with Gasteiger partial charge in [-0.1, -0.05) is 63.2 Å². The highest BCUT2D eigenvalue weighted by molar-refractivity contribution is 7.99. The van der Waals surface area contributed by atoms with E-state index < -0.39 is 0 Å². The smallest absolute Gasteiger partial charge is 0.191 e. The summed E-state index contributed by atoms with van der Waals surface area (Å²) < 4.78 is 8.23. The zero-order valence-corrected chi connectivity index (χ0v) is 20.8. The lowest BCUT2D eigenvalue weighted by Crippen LogP contribution is -2.15. The molecule has 1 atom stereocenters. The largest absolute Gasteiger partial charge is 0.483 e. The highest BCUT2D eigenvalue weighted by Gasteiger charge is 2.21. The first-order valence-electron chi connectivity index (χ1n) is 10.9. The minimum Gasteiger partial charge on any atom is -0.483 e. The van der Waals surface area contributed by atoms with E-state index in [4.69, 9.17) is 16.3 Å². The molecule has 0 saturated carbocycles. The molecule has 1 unspecified atom stereocenters. The van der Waals surface area contributed by atoms with E-state index in [0.29, 0.717) is 22.4 Å². The molecule has 2 aromatic carbocycles. The second-order valence-corrected chi connectivity index (χ2v) is 9.93. The number of halogens is 1. The number of hydrogen-bond donors (Lipinski definition) is 0. The summed E-state index contributed by atoms with van der Waals surface area (Å²) in [6, 6.07) is 15.1. The van der Waals surface area contributed by atoms with Crippen LogP contribution in [0.5, 0.6) is 5.75 Å². The van der Waals surface area contributed by atoms with E-state index in [1.165, 1.54) is 17.3 Å². The zero-order valence-electron chi connectivity index (χ0n) is 19.2. The van der Waals surface area contributed by atoms with Crippen LogP contribution in [0.3, 0.4) is 0 Å². The van der Waals surface area contributed by atoms with Gasteiger partial charge in [0, 0.05) is 17.1 Å². The van der Waals surface area contributed by atoms with Gasteiger partial charge in [-0.2, -0.15) is 0 Å². The molecule has 0 bridgehead atoms. The number of carbonyl (C=O) groups is 1. The highest BCUT2D eigenvalue weighted by Crippen LogP contribution is 2.27. The predicted molar refractivity (Wildman–Crippen MR) is 131 cm³/mol. The van der Waals surface area contributed by atoms with Gasteiger partial charge in [-0.05, 0) is 60.7 Å². The number of thioether (sulfide) groups is 1. The normalized spacial score (nSPS) is 12.4. The molecule has 32 heavy (non-hydrogen) atoms. The van der Waals surface area contributed by atoms with Crippen LogP contribution in [0.2, 0.25) is 5.02 Å². The molecule has 3 aromatic rings. The number of hydrogen-bond acceptors (Lipinski definition) is 5. The Bertz CT molecular complexity index is 1030. The highest BCUT2D eigenvalue weighted by atomic mass is 35.5. The average molecular weight is 472 g/mol. The van der Waals surface area contributed by atoms with Crippen LogP contribution >= 0.6 is 23.4 Å². The summed E-state index contributed by atoms with van der Waals surface area (Å²) in [7, 11) is 0. The topological polar surface area (TPSA) is 57.0 Å². The Labute approximate surface area is 199 Å². The van der Waals surface area contributed by atoms with Crippen molar-refractivity contribution in [2.45, 2.75) is 58.3 Å². The van der Waals surface area contributed by atoms with Crippen LogP contribution in [0.1, 0.15) is 68.4 Å². The Balaban J connectivity index is 1.73. The van der Waals surface area contributed by atoms with E-state index in [2.05, 4.69) is 54.6 Å². The molecule has 170 valence electrons. The third-order valence-corrected chi connectivity index (χ3v) is 6.23. The van der Waals surface area contributed by atoms with Crippen LogP contribution in [-0.2, 0) is 6.54 Å². The number of benzene rings is 2. The molecule has 0 fully saturated rings. The molecular weight excluding hydrogens is 442 g/mol. The fourth-order valence-electron chi connectivity index (χ4n) is 3.28. The molecule has 1 heterocycles. The maximum absolute atomic E-state index is 12.6. The van der Waals surface area contributed by atoms with Gasteiger partial charge >= 0.3 is 0 Å². The second kappa shape index (κ2) is 11.0. The first kappa shape index (κ1) is 24.3. The SMILES string of the molecule is CC(C)Cn1c(SCC(=O)c2ccc(Cl)cc2)nnc1C(C)Oc1ccc(C(C)C)cc1. The number of ketones is 1. The Morgan fingerprint density at radius 3 is 2.25 bits per heavy atom. The van der Waals surface area contributed by atoms with E-state index >= 15 is 0 Å². The number of carbonyl (C=O) groups excluding carboxylic acids is 1. The van der Waals surface area contributed by atoms with Crippen LogP contribution in [0.15, 0.2) is 53.7 Å². The second-order valence-electron chi connectivity index (χ2n) is 8.55. The van der Waals surface area contributed by atoms with Crippen LogP contribution < -0.4 is 4.74 Å². The summed E-state index contributed by atoms with van der Waals surface area (Å²) in [6.07, 6.45) is -0.271. The van der Waals surface area contributed by atoms with Gasteiger partial charge in [-0.15, -0.1) is 10.2 Å². The van der Waals surface area contributed by atoms with Gasteiger partial charge in [0.15, 0.2) is 22.9 Å². The predicted octanol–water partition coefficient (Wildman–Crippen LogP) is 6.83. The number of Topliss-reactive ketones (excluding diaryl/α,β-unsaturated/α-hetero) is 1. The van der Waals surface area contributed by atoms with Crippen LogP contribution in [-0.4, -0.2) is 26.3 Å². The lowest BCUT2D eigenvalue weighted by atomic mass is 10.0. The summed E-state index contributed by atoms with van der Waals surface area (Å²) in [5.74, 6) is 2.74. The van der Waals surface area contributed by atoms with Gasteiger partial charge in [0.2, 0.25) is 0 Å². The molecule has 0 amide bonds. The van der Waals surface area contributed by atoms with Crippen molar-refractivity contribution >= 4 is 29.1 Å². The Morgan fingerprint density at radius 2 is 1.66 bits per heavy atom. The van der Waals surface area contributed by atoms with Crippen LogP contribution in [0.4, 0.5) is 0 Å². The molecule has 0 N–H and O–H groups in total. The number of aromatic nitrogens is 3. The van der Waals surface area contributed by atoms with Crippen LogP contribution in [0.25, 0.3) is 0 Å². The molecule has 3 rings (SSSR count). The average Bonchev–Trinajstić information content (AvgIpc) is 3.14. The van der Waals surface area contributed by atoms with E-state index in [1.807, 2.05) is 19.1 Å². The molecule has 0 saturated heterocycles. The van der Waals surface area contributed by atoms with Crippen LogP contribution in [0, 0.1) is 5.92 Å². The minimum absolute atomic E-state index is 0.0295. The van der Waals surface area contributed by atoms with Gasteiger partial charge in [-0.25, -0.2) is 0 Å². The molecule has 7 heteroatoms. The molecule has 0 radical (unpaired) electrons. The van der Waals surface area contributed by atoms with Crippen molar-refractivity contribution in [1.82, 2.24) is 14.8 Å². The van der Waals surface area contributed by atoms with Gasteiger partial charge in [-0.3, -0.25) is 4.79 Å². The van der Waals surface area contributed by atoms with Gasteiger partial charge in [0.25, 0.3) is 0 Å². The van der Waals surface area contributed by atoms with Crippen molar-refractivity contribution in [3.63, 3.8) is 0 Å². The molecular formula is C25H30ClN3O2S. The van der Waals surface area contributed by atoms with E-state index in [-0.39, 0.29) is 17.6 Å². The summed E-state index contributed by atoms with van der Waals surface area (Å²) in [6.45, 7) is 11.4. The third kappa shape index (κ3) is 6.36. The first-order chi connectivity index (χ1) is 15.2. The number of rotatable bonds is 10. The lowest BCUT2D eigenvalue weighted by Gasteiger charge is -2.18. The summed E-state index contributed by atoms with van der Waals surface area (Å²) in [5.41, 5.74) is 1.91. The fourth-order valence-corrected chi connectivity index (χ4v) is 4.26. The van der Waals surface area contributed by atoms with Crippen molar-refractivity contribution < 1.29 is 9.53 Å². The Hall–Kier alpha value is -2.31. The fraction of sp³-hybridized carbons (Fsp3) is 0.400. The summed E-state index contributed by atoms with van der Waals surface area (Å²) >= 11 is 7.32. The Morgan fingerprint density at radius 1 is 1.00 bits per heavy atom. The molecule has 0 aliphatic carbocycles. The van der Waals surface area contributed by atoms with Gasteiger partial charge < -0.3 is 9.30 Å². The molecule has 1 aromatic heterocycles. The van der Waals surface area contributed by atoms with E-state index in [0.717, 1.165) is 23.3 Å². The van der Waals surface area contributed by atoms with E-state index in [1.54, 1.807) is 24.3 Å². The van der Waals surface area contributed by atoms with Crippen molar-refractivity contribution in [3.8, 4) is 5.75 Å². The standard InChI is InChI=1S/C25H30ClN3O2S/c1-16(2)14-29-24(18(5)31-22-12-8-19(9-13-22)17(3)4)27-28-25(29)32-15-23(30)20-6-10-21(26)11-7-20/h6-13,16-18H,14-15H2,1-5H3. The maximum atomic E-state index is 12.6. The lowest BCUT2D eigenvalue weighted by molar-refractivity contribution is 0.102.